The van der Waals surface area contributed by atoms with Crippen LogP contribution in [0.1, 0.15) is 12.0 Å². The predicted molar refractivity (Wildman–Crippen MR) is 102 cm³/mol. The molecule has 9 heteroatoms. The average molecular weight is 398 g/mol. The van der Waals surface area contributed by atoms with Crippen molar-refractivity contribution in [3.63, 3.8) is 0 Å². The van der Waals surface area contributed by atoms with E-state index in [0.717, 1.165) is 5.56 Å². The smallest absolute Gasteiger partial charge is 0.248 e. The van der Waals surface area contributed by atoms with Crippen LogP contribution in [-0.4, -0.2) is 59.3 Å². The van der Waals surface area contributed by atoms with E-state index in [9.17, 15) is 19.2 Å². The number of hydrogen-bond acceptors (Lipinski definition) is 6. The molecule has 0 bridgehead atoms. The number of nitriles is 1. The SMILES string of the molecule is N#Cc1cc(-c2ccnc(NC=O)c2)ccc1O[C@H]1CCN(C(=O)CO)C[C@H]1F. The lowest BCUT2D eigenvalue weighted by molar-refractivity contribution is -0.138. The van der Waals surface area contributed by atoms with Gasteiger partial charge in [-0.05, 0) is 35.4 Å². The molecule has 2 atom stereocenters. The molecule has 2 N–H and O–H groups in total. The Balaban J connectivity index is 1.76. The summed E-state index contributed by atoms with van der Waals surface area (Å²) < 4.78 is 20.2. The van der Waals surface area contributed by atoms with Crippen LogP contribution >= 0.6 is 0 Å². The zero-order chi connectivity index (χ0) is 20.8. The van der Waals surface area contributed by atoms with Gasteiger partial charge < -0.3 is 20.1 Å². The monoisotopic (exact) mass is 398 g/mol. The van der Waals surface area contributed by atoms with Gasteiger partial charge in [-0.25, -0.2) is 9.37 Å². The number of rotatable bonds is 6. The first-order chi connectivity index (χ1) is 14.0. The van der Waals surface area contributed by atoms with Gasteiger partial charge in [0.2, 0.25) is 12.3 Å². The number of benzene rings is 1. The fourth-order valence-corrected chi connectivity index (χ4v) is 3.15. The van der Waals surface area contributed by atoms with Gasteiger partial charge in [0.25, 0.3) is 0 Å². The molecule has 0 spiro atoms. The van der Waals surface area contributed by atoms with Crippen LogP contribution in [0.3, 0.4) is 0 Å². The maximum Gasteiger partial charge on any atom is 0.248 e. The van der Waals surface area contributed by atoms with Crippen molar-refractivity contribution in [1.29, 1.82) is 5.26 Å². The number of aromatic nitrogens is 1. The van der Waals surface area contributed by atoms with Crippen molar-refractivity contribution in [3.05, 3.63) is 42.1 Å². The quantitative estimate of drug-likeness (QED) is 0.713. The lowest BCUT2D eigenvalue weighted by Crippen LogP contribution is -2.50. The van der Waals surface area contributed by atoms with E-state index in [1.807, 2.05) is 0 Å². The van der Waals surface area contributed by atoms with Crippen LogP contribution in [0, 0.1) is 11.3 Å². The third kappa shape index (κ3) is 4.67. The summed E-state index contributed by atoms with van der Waals surface area (Å²) in [5.41, 5.74) is 1.70. The third-order valence-corrected chi connectivity index (χ3v) is 4.65. The molecule has 2 aromatic rings. The summed E-state index contributed by atoms with van der Waals surface area (Å²) in [4.78, 5) is 27.4. The molecule has 0 aliphatic carbocycles. The van der Waals surface area contributed by atoms with Gasteiger partial charge in [-0.1, -0.05) is 6.07 Å². The van der Waals surface area contributed by atoms with Crippen LogP contribution in [0.15, 0.2) is 36.5 Å². The van der Waals surface area contributed by atoms with Gasteiger partial charge in [0, 0.05) is 19.2 Å². The molecule has 29 heavy (non-hydrogen) atoms. The number of pyridine rings is 1. The second kappa shape index (κ2) is 9.12. The van der Waals surface area contributed by atoms with E-state index < -0.39 is 24.8 Å². The van der Waals surface area contributed by atoms with Gasteiger partial charge in [0.05, 0.1) is 12.1 Å². The Morgan fingerprint density at radius 3 is 2.90 bits per heavy atom. The van der Waals surface area contributed by atoms with Crippen LogP contribution in [0.4, 0.5) is 10.2 Å². The molecule has 1 aromatic heterocycles. The number of carbonyl (C=O) groups excluding carboxylic acids is 2. The third-order valence-electron chi connectivity index (χ3n) is 4.65. The summed E-state index contributed by atoms with van der Waals surface area (Å²) in [6.07, 6.45) is 0.0937. The Kier molecular flexibility index (Phi) is 6.36. The number of hydrogen-bond donors (Lipinski definition) is 2. The number of ether oxygens (including phenoxy) is 1. The van der Waals surface area contributed by atoms with Gasteiger partial charge in [-0.15, -0.1) is 0 Å². The summed E-state index contributed by atoms with van der Waals surface area (Å²) >= 11 is 0. The van der Waals surface area contributed by atoms with Crippen molar-refractivity contribution in [1.82, 2.24) is 9.88 Å². The second-order valence-electron chi connectivity index (χ2n) is 6.47. The molecule has 2 amide bonds. The van der Waals surface area contributed by atoms with Crippen molar-refractivity contribution in [2.45, 2.75) is 18.7 Å². The summed E-state index contributed by atoms with van der Waals surface area (Å²) in [5.74, 6) is 0.112. The molecule has 1 aliphatic rings. The Labute approximate surface area is 166 Å². The topological polar surface area (TPSA) is 116 Å². The number of nitrogens with zero attached hydrogens (tertiary/aromatic N) is 3. The van der Waals surface area contributed by atoms with Gasteiger partial charge >= 0.3 is 0 Å². The molecular formula is C20H19FN4O4. The fraction of sp³-hybridized carbons (Fsp3) is 0.300. The van der Waals surface area contributed by atoms with Crippen LogP contribution in [0.5, 0.6) is 5.75 Å². The van der Waals surface area contributed by atoms with Gasteiger partial charge in [0.1, 0.15) is 30.3 Å². The summed E-state index contributed by atoms with van der Waals surface area (Å²) in [6.45, 7) is -0.543. The van der Waals surface area contributed by atoms with Crippen molar-refractivity contribution in [2.75, 3.05) is 25.0 Å². The minimum atomic E-state index is -1.43. The maximum absolute atomic E-state index is 14.5. The molecule has 8 nitrogen and oxygen atoms in total. The van der Waals surface area contributed by atoms with Crippen molar-refractivity contribution < 1.29 is 23.8 Å². The first kappa shape index (κ1) is 20.2. The molecule has 1 aromatic carbocycles. The highest BCUT2D eigenvalue weighted by Gasteiger charge is 2.33. The molecule has 1 fully saturated rings. The molecule has 2 heterocycles. The maximum atomic E-state index is 14.5. The highest BCUT2D eigenvalue weighted by atomic mass is 19.1. The van der Waals surface area contributed by atoms with Gasteiger partial charge in [-0.2, -0.15) is 5.26 Å². The number of likely N-dealkylation sites (tertiary alicyclic amines) is 1. The zero-order valence-corrected chi connectivity index (χ0v) is 15.4. The highest BCUT2D eigenvalue weighted by Crippen LogP contribution is 2.29. The Morgan fingerprint density at radius 1 is 1.41 bits per heavy atom. The molecule has 1 aliphatic heterocycles. The summed E-state index contributed by atoms with van der Waals surface area (Å²) in [5, 5.41) is 20.9. The van der Waals surface area contributed by atoms with Crippen LogP contribution in [0.2, 0.25) is 0 Å². The normalized spacial score (nSPS) is 18.6. The molecule has 0 radical (unpaired) electrons. The predicted octanol–water partition coefficient (Wildman–Crippen LogP) is 1.50. The number of carbonyl (C=O) groups is 2. The lowest BCUT2D eigenvalue weighted by Gasteiger charge is -2.34. The molecule has 1 saturated heterocycles. The Hall–Kier alpha value is -3.51. The van der Waals surface area contributed by atoms with Crippen LogP contribution < -0.4 is 10.1 Å². The van der Waals surface area contributed by atoms with Crippen molar-refractivity contribution >= 4 is 18.1 Å². The molecule has 3 rings (SSSR count). The van der Waals surface area contributed by atoms with E-state index in [0.29, 0.717) is 17.8 Å². The molecule has 0 unspecified atom stereocenters. The molecule has 0 saturated carbocycles. The largest absolute Gasteiger partial charge is 0.486 e. The first-order valence-corrected chi connectivity index (χ1v) is 8.96. The number of amides is 2. The van der Waals surface area contributed by atoms with Crippen LogP contribution in [0.25, 0.3) is 11.1 Å². The second-order valence-corrected chi connectivity index (χ2v) is 6.47. The minimum Gasteiger partial charge on any atom is -0.486 e. The summed E-state index contributed by atoms with van der Waals surface area (Å²) in [7, 11) is 0. The van der Waals surface area contributed by atoms with E-state index in [1.165, 1.54) is 11.1 Å². The average Bonchev–Trinajstić information content (AvgIpc) is 2.75. The number of anilines is 1. The number of nitrogens with one attached hydrogen (secondary N) is 1. The highest BCUT2D eigenvalue weighted by molar-refractivity contribution is 5.77. The molecular weight excluding hydrogens is 379 g/mol. The zero-order valence-electron chi connectivity index (χ0n) is 15.4. The van der Waals surface area contributed by atoms with E-state index >= 15 is 0 Å². The summed E-state index contributed by atoms with van der Waals surface area (Å²) in [6, 6.07) is 10.4. The number of piperidine rings is 1. The van der Waals surface area contributed by atoms with E-state index in [4.69, 9.17) is 9.84 Å². The van der Waals surface area contributed by atoms with E-state index in [-0.39, 0.29) is 30.8 Å². The number of aliphatic hydroxyl groups is 1. The standard InChI is InChI=1S/C20H19FN4O4/c21-16-10-25(20(28)11-26)6-4-18(16)29-17-2-1-13(7-15(17)9-22)14-3-5-23-19(8-14)24-12-27/h1-3,5,7-8,12,16,18,26H,4,6,10-11H2,(H,23,24,27)/t16-,18+/m1/s1. The Morgan fingerprint density at radius 2 is 2.21 bits per heavy atom. The number of halogens is 1. The van der Waals surface area contributed by atoms with Crippen LogP contribution in [-0.2, 0) is 9.59 Å². The van der Waals surface area contributed by atoms with E-state index in [1.54, 1.807) is 30.3 Å². The fourth-order valence-electron chi connectivity index (χ4n) is 3.15. The number of alkyl halides is 1. The first-order valence-electron chi connectivity index (χ1n) is 8.96. The van der Waals surface area contributed by atoms with E-state index in [2.05, 4.69) is 16.4 Å². The molecule has 150 valence electrons. The van der Waals surface area contributed by atoms with Crippen molar-refractivity contribution in [3.8, 4) is 22.9 Å². The lowest BCUT2D eigenvalue weighted by atomic mass is 10.0. The van der Waals surface area contributed by atoms with Gasteiger partial charge in [0.15, 0.2) is 6.17 Å². The number of aliphatic hydroxyl groups excluding tert-OH is 1. The van der Waals surface area contributed by atoms with Crippen molar-refractivity contribution in [2.24, 2.45) is 0 Å². The van der Waals surface area contributed by atoms with Gasteiger partial charge in [-0.3, -0.25) is 9.59 Å². The minimum absolute atomic E-state index is 0.159. The Bertz CT molecular complexity index is 946.